The van der Waals surface area contributed by atoms with E-state index in [2.05, 4.69) is 29.8 Å². The second kappa shape index (κ2) is 5.75. The quantitative estimate of drug-likeness (QED) is 0.781. The van der Waals surface area contributed by atoms with Gasteiger partial charge in [0.1, 0.15) is 11.6 Å². The van der Waals surface area contributed by atoms with Gasteiger partial charge in [-0.2, -0.15) is 0 Å². The number of urea groups is 1. The predicted molar refractivity (Wildman–Crippen MR) is 73.6 cm³/mol. The molecule has 4 nitrogen and oxygen atoms in total. The van der Waals surface area contributed by atoms with Gasteiger partial charge in [0.25, 0.3) is 0 Å². The van der Waals surface area contributed by atoms with Gasteiger partial charge >= 0.3 is 6.03 Å². The molecule has 0 aromatic heterocycles. The number of hydrogen-bond donors (Lipinski definition) is 3. The molecule has 0 spiro atoms. The van der Waals surface area contributed by atoms with Crippen molar-refractivity contribution in [3.05, 3.63) is 29.8 Å². The molecule has 1 aliphatic rings. The number of piperidine rings is 1. The van der Waals surface area contributed by atoms with Gasteiger partial charge < -0.3 is 16.0 Å². The number of amides is 2. The highest BCUT2D eigenvalue weighted by atomic mass is 19.1. The van der Waals surface area contributed by atoms with Gasteiger partial charge in [0.2, 0.25) is 0 Å². The van der Waals surface area contributed by atoms with E-state index >= 15 is 0 Å². The zero-order valence-corrected chi connectivity index (χ0v) is 11.6. The predicted octanol–water partition coefficient (Wildman–Crippen LogP) is 2.47. The van der Waals surface area contributed by atoms with Crippen molar-refractivity contribution >= 4 is 11.7 Å². The summed E-state index contributed by atoms with van der Waals surface area (Å²) < 4.78 is 26.2. The summed E-state index contributed by atoms with van der Waals surface area (Å²) in [4.78, 5) is 11.9. The number of rotatable bonds is 2. The van der Waals surface area contributed by atoms with Crippen LogP contribution in [0.1, 0.15) is 20.3 Å². The Labute approximate surface area is 116 Å². The van der Waals surface area contributed by atoms with Gasteiger partial charge in [-0.25, -0.2) is 13.6 Å². The number of carbonyl (C=O) groups is 1. The molecular formula is C14H19F2N3O. The van der Waals surface area contributed by atoms with Crippen molar-refractivity contribution in [3.63, 3.8) is 0 Å². The molecule has 1 aromatic carbocycles. The Kier molecular flexibility index (Phi) is 4.23. The lowest BCUT2D eigenvalue weighted by molar-refractivity contribution is 0.184. The summed E-state index contributed by atoms with van der Waals surface area (Å²) >= 11 is 0. The molecule has 2 rings (SSSR count). The van der Waals surface area contributed by atoms with Crippen LogP contribution in [0.15, 0.2) is 18.2 Å². The average molecular weight is 283 g/mol. The minimum Gasteiger partial charge on any atom is -0.334 e. The zero-order chi connectivity index (χ0) is 14.8. The van der Waals surface area contributed by atoms with Gasteiger partial charge in [-0.15, -0.1) is 0 Å². The van der Waals surface area contributed by atoms with Crippen molar-refractivity contribution < 1.29 is 13.6 Å². The second-order valence-corrected chi connectivity index (χ2v) is 5.73. The van der Waals surface area contributed by atoms with Crippen LogP contribution >= 0.6 is 0 Å². The van der Waals surface area contributed by atoms with Crippen LogP contribution in [0.4, 0.5) is 19.3 Å². The van der Waals surface area contributed by atoms with Crippen molar-refractivity contribution in [1.29, 1.82) is 0 Å². The lowest BCUT2D eigenvalue weighted by Gasteiger charge is -2.39. The second-order valence-electron chi connectivity index (χ2n) is 5.73. The number of nitrogens with one attached hydrogen (secondary N) is 3. The first-order chi connectivity index (χ1) is 9.38. The van der Waals surface area contributed by atoms with Crippen LogP contribution in [0.2, 0.25) is 0 Å². The van der Waals surface area contributed by atoms with Gasteiger partial charge in [0.05, 0.1) is 5.69 Å². The Balaban J connectivity index is 1.98. The molecule has 1 atom stereocenters. The Morgan fingerprint density at radius 1 is 1.40 bits per heavy atom. The van der Waals surface area contributed by atoms with E-state index in [-0.39, 0.29) is 17.1 Å². The summed E-state index contributed by atoms with van der Waals surface area (Å²) in [7, 11) is 0. The third-order valence-corrected chi connectivity index (χ3v) is 3.62. The molecule has 1 aliphatic heterocycles. The third kappa shape index (κ3) is 3.45. The molecule has 6 heteroatoms. The summed E-state index contributed by atoms with van der Waals surface area (Å²) in [6.45, 7) is 5.76. The van der Waals surface area contributed by atoms with Crippen LogP contribution in [-0.2, 0) is 0 Å². The normalized spacial score (nSPS) is 21.3. The van der Waals surface area contributed by atoms with E-state index in [4.69, 9.17) is 0 Å². The molecule has 1 heterocycles. The van der Waals surface area contributed by atoms with E-state index in [1.807, 2.05) is 0 Å². The van der Waals surface area contributed by atoms with E-state index in [1.54, 1.807) is 0 Å². The lowest BCUT2D eigenvalue weighted by Crippen LogP contribution is -2.55. The van der Waals surface area contributed by atoms with Gasteiger partial charge in [0, 0.05) is 18.7 Å². The summed E-state index contributed by atoms with van der Waals surface area (Å²) in [6.07, 6.45) is 0.812. The standard InChI is InChI=1S/C14H19F2N3O/c1-14(2)8-17-6-5-12(14)19-13(20)18-11-4-3-9(15)7-10(11)16/h3-4,7,12,17H,5-6,8H2,1-2H3,(H2,18,19,20). The number of hydrogen-bond acceptors (Lipinski definition) is 2. The Morgan fingerprint density at radius 2 is 2.15 bits per heavy atom. The van der Waals surface area contributed by atoms with Gasteiger partial charge in [-0.1, -0.05) is 13.8 Å². The molecule has 2 amide bonds. The highest BCUT2D eigenvalue weighted by Crippen LogP contribution is 2.25. The van der Waals surface area contributed by atoms with Gasteiger partial charge in [0.15, 0.2) is 0 Å². The Morgan fingerprint density at radius 3 is 2.80 bits per heavy atom. The fourth-order valence-corrected chi connectivity index (χ4v) is 2.35. The first-order valence-electron chi connectivity index (χ1n) is 6.62. The highest BCUT2D eigenvalue weighted by Gasteiger charge is 2.33. The summed E-state index contributed by atoms with van der Waals surface area (Å²) in [5, 5.41) is 8.53. The van der Waals surface area contributed by atoms with E-state index in [1.165, 1.54) is 6.07 Å². The number of benzene rings is 1. The van der Waals surface area contributed by atoms with Crippen LogP contribution in [0.5, 0.6) is 0 Å². The molecule has 110 valence electrons. The molecular weight excluding hydrogens is 264 g/mol. The molecule has 1 unspecified atom stereocenters. The molecule has 0 bridgehead atoms. The summed E-state index contributed by atoms with van der Waals surface area (Å²) in [5.41, 5.74) is -0.104. The van der Waals surface area contributed by atoms with Crippen molar-refractivity contribution in [2.75, 3.05) is 18.4 Å². The van der Waals surface area contributed by atoms with Crippen molar-refractivity contribution in [2.45, 2.75) is 26.3 Å². The largest absolute Gasteiger partial charge is 0.334 e. The molecule has 1 fully saturated rings. The summed E-state index contributed by atoms with van der Waals surface area (Å²) in [6, 6.07) is 2.58. The first-order valence-corrected chi connectivity index (χ1v) is 6.62. The zero-order valence-electron chi connectivity index (χ0n) is 11.6. The fraction of sp³-hybridized carbons (Fsp3) is 0.500. The van der Waals surface area contributed by atoms with Crippen molar-refractivity contribution in [2.24, 2.45) is 5.41 Å². The van der Waals surface area contributed by atoms with Crippen molar-refractivity contribution in [1.82, 2.24) is 10.6 Å². The maximum atomic E-state index is 13.4. The molecule has 3 N–H and O–H groups in total. The first kappa shape index (κ1) is 14.7. The van der Waals surface area contributed by atoms with Crippen LogP contribution in [0.25, 0.3) is 0 Å². The minimum absolute atomic E-state index is 0.00672. The topological polar surface area (TPSA) is 53.2 Å². The maximum absolute atomic E-state index is 13.4. The molecule has 1 saturated heterocycles. The van der Waals surface area contributed by atoms with Crippen LogP contribution in [-0.4, -0.2) is 25.2 Å². The molecule has 1 aromatic rings. The van der Waals surface area contributed by atoms with Gasteiger partial charge in [-0.3, -0.25) is 0 Å². The highest BCUT2D eigenvalue weighted by molar-refractivity contribution is 5.89. The minimum atomic E-state index is -0.787. The lowest BCUT2D eigenvalue weighted by atomic mass is 9.80. The third-order valence-electron chi connectivity index (χ3n) is 3.62. The van der Waals surface area contributed by atoms with E-state index < -0.39 is 17.7 Å². The van der Waals surface area contributed by atoms with E-state index in [0.717, 1.165) is 31.6 Å². The van der Waals surface area contributed by atoms with Crippen molar-refractivity contribution in [3.8, 4) is 0 Å². The number of carbonyl (C=O) groups excluding carboxylic acids is 1. The fourth-order valence-electron chi connectivity index (χ4n) is 2.35. The molecule has 0 aliphatic carbocycles. The van der Waals surface area contributed by atoms with Gasteiger partial charge in [-0.05, 0) is 30.5 Å². The molecule has 0 saturated carbocycles. The van der Waals surface area contributed by atoms with Crippen LogP contribution < -0.4 is 16.0 Å². The average Bonchev–Trinajstić information content (AvgIpc) is 2.35. The monoisotopic (exact) mass is 283 g/mol. The van der Waals surface area contributed by atoms with Crippen LogP contribution in [0, 0.1) is 17.0 Å². The smallest absolute Gasteiger partial charge is 0.319 e. The molecule has 20 heavy (non-hydrogen) atoms. The molecule has 0 radical (unpaired) electrons. The van der Waals surface area contributed by atoms with Crippen LogP contribution in [0.3, 0.4) is 0 Å². The number of halogens is 2. The summed E-state index contributed by atoms with van der Waals surface area (Å²) in [5.74, 6) is -1.46. The maximum Gasteiger partial charge on any atom is 0.319 e. The Bertz CT molecular complexity index is 505. The van der Waals surface area contributed by atoms with E-state index in [0.29, 0.717) is 0 Å². The van der Waals surface area contributed by atoms with E-state index in [9.17, 15) is 13.6 Å². The Hall–Kier alpha value is -1.69. The SMILES string of the molecule is CC1(C)CNCCC1NC(=O)Nc1ccc(F)cc1F. The number of anilines is 1.